The molecule has 0 aliphatic rings. The number of nitro groups is 1. The monoisotopic (exact) mass is 369 g/mol. The maximum Gasteiger partial charge on any atom is 0.309 e. The molecule has 0 aliphatic heterocycles. The Kier molecular flexibility index (Phi) is 4.91. The smallest absolute Gasteiger partial charge is 0.309 e. The molecule has 0 saturated carbocycles. The zero-order valence-corrected chi connectivity index (χ0v) is 15.0. The van der Waals surface area contributed by atoms with Crippen molar-refractivity contribution in [2.45, 2.75) is 13.3 Å². The van der Waals surface area contributed by atoms with Crippen molar-refractivity contribution in [1.29, 1.82) is 0 Å². The number of ether oxygens (including phenoxy) is 1. The number of non-ortho nitro benzene ring substituents is 1. The Morgan fingerprint density at radius 1 is 1.15 bits per heavy atom. The number of benzene rings is 3. The van der Waals surface area contributed by atoms with E-state index in [9.17, 15) is 14.9 Å². The maximum absolute atomic E-state index is 11.8. The zero-order valence-electron chi connectivity index (χ0n) is 14.3. The first-order chi connectivity index (χ1) is 12.4. The average Bonchev–Trinajstić information content (AvgIpc) is 2.62. The van der Waals surface area contributed by atoms with E-state index in [1.165, 1.54) is 19.2 Å². The van der Waals surface area contributed by atoms with Gasteiger partial charge in [-0.15, -0.1) is 0 Å². The second-order valence-electron chi connectivity index (χ2n) is 5.96. The molecule has 0 N–H and O–H groups in total. The summed E-state index contributed by atoms with van der Waals surface area (Å²) in [7, 11) is 1.36. The van der Waals surface area contributed by atoms with Crippen LogP contribution in [0.15, 0.2) is 48.5 Å². The molecule has 0 aromatic heterocycles. The molecule has 0 bridgehead atoms. The molecule has 0 spiro atoms. The number of methoxy groups -OCH3 is 1. The van der Waals surface area contributed by atoms with E-state index in [1.54, 1.807) is 18.2 Å². The van der Waals surface area contributed by atoms with Crippen LogP contribution in [0.3, 0.4) is 0 Å². The van der Waals surface area contributed by atoms with E-state index in [0.29, 0.717) is 5.02 Å². The van der Waals surface area contributed by atoms with Gasteiger partial charge in [0.05, 0.1) is 18.5 Å². The van der Waals surface area contributed by atoms with E-state index in [4.69, 9.17) is 16.3 Å². The predicted molar refractivity (Wildman–Crippen MR) is 102 cm³/mol. The molecule has 0 unspecified atom stereocenters. The summed E-state index contributed by atoms with van der Waals surface area (Å²) < 4.78 is 4.79. The minimum atomic E-state index is -0.431. The minimum absolute atomic E-state index is 0.0273. The lowest BCUT2D eigenvalue weighted by atomic mass is 9.89. The van der Waals surface area contributed by atoms with E-state index in [0.717, 1.165) is 33.0 Å². The third kappa shape index (κ3) is 3.39. The van der Waals surface area contributed by atoms with Gasteiger partial charge in [-0.25, -0.2) is 0 Å². The molecule has 26 heavy (non-hydrogen) atoms. The fourth-order valence-electron chi connectivity index (χ4n) is 3.06. The molecule has 0 aliphatic carbocycles. The van der Waals surface area contributed by atoms with Crippen LogP contribution < -0.4 is 0 Å². The van der Waals surface area contributed by atoms with Gasteiger partial charge in [0.1, 0.15) is 0 Å². The molecule has 3 aromatic rings. The molecule has 132 valence electrons. The van der Waals surface area contributed by atoms with Crippen LogP contribution in [0, 0.1) is 17.0 Å². The molecule has 0 fully saturated rings. The number of halogens is 1. The van der Waals surface area contributed by atoms with Crippen molar-refractivity contribution < 1.29 is 14.5 Å². The first-order valence-corrected chi connectivity index (χ1v) is 8.32. The van der Waals surface area contributed by atoms with Crippen molar-refractivity contribution in [3.05, 3.63) is 74.8 Å². The molecule has 0 saturated heterocycles. The van der Waals surface area contributed by atoms with Crippen LogP contribution in [0.5, 0.6) is 0 Å². The molecular formula is C20H16ClNO4. The van der Waals surface area contributed by atoms with E-state index in [1.807, 2.05) is 25.1 Å². The predicted octanol–water partition coefficient (Wildman–Crippen LogP) is 5.09. The SMILES string of the molecule is COC(=O)Cc1cc2ccc(Cl)cc2c(-c2ccc([N+](=O)[O-])cc2)c1C. The van der Waals surface area contributed by atoms with E-state index in [-0.39, 0.29) is 18.1 Å². The van der Waals surface area contributed by atoms with Gasteiger partial charge in [-0.2, -0.15) is 0 Å². The summed E-state index contributed by atoms with van der Waals surface area (Å²) in [5.41, 5.74) is 3.52. The molecule has 0 radical (unpaired) electrons. The van der Waals surface area contributed by atoms with Gasteiger partial charge < -0.3 is 4.74 Å². The van der Waals surface area contributed by atoms with E-state index < -0.39 is 4.92 Å². The Labute approximate surface area is 155 Å². The molecule has 0 atom stereocenters. The number of fused-ring (bicyclic) bond motifs is 1. The Hall–Kier alpha value is -2.92. The number of esters is 1. The van der Waals surface area contributed by atoms with Crippen LogP contribution in [-0.2, 0) is 16.0 Å². The van der Waals surface area contributed by atoms with Crippen molar-refractivity contribution in [3.63, 3.8) is 0 Å². The second-order valence-corrected chi connectivity index (χ2v) is 6.39. The van der Waals surface area contributed by atoms with E-state index >= 15 is 0 Å². The van der Waals surface area contributed by atoms with Crippen molar-refractivity contribution in [3.8, 4) is 11.1 Å². The summed E-state index contributed by atoms with van der Waals surface area (Å²) in [6.07, 6.45) is 0.154. The summed E-state index contributed by atoms with van der Waals surface area (Å²) in [5.74, 6) is -0.323. The van der Waals surface area contributed by atoms with E-state index in [2.05, 4.69) is 0 Å². The van der Waals surface area contributed by atoms with Crippen molar-refractivity contribution in [2.24, 2.45) is 0 Å². The second kappa shape index (κ2) is 7.14. The topological polar surface area (TPSA) is 69.4 Å². The van der Waals surface area contributed by atoms with Crippen molar-refractivity contribution in [2.75, 3.05) is 7.11 Å². The lowest BCUT2D eigenvalue weighted by molar-refractivity contribution is -0.384. The lowest BCUT2D eigenvalue weighted by Gasteiger charge is -2.16. The molecule has 3 aromatic carbocycles. The Balaban J connectivity index is 2.26. The highest BCUT2D eigenvalue weighted by Crippen LogP contribution is 2.36. The average molecular weight is 370 g/mol. The van der Waals surface area contributed by atoms with Gasteiger partial charge in [-0.05, 0) is 64.2 Å². The third-order valence-electron chi connectivity index (χ3n) is 4.40. The Bertz CT molecular complexity index is 1010. The molecule has 3 rings (SSSR count). The van der Waals surface area contributed by atoms with Crippen LogP contribution in [0.1, 0.15) is 11.1 Å². The highest BCUT2D eigenvalue weighted by molar-refractivity contribution is 6.31. The van der Waals surface area contributed by atoms with Crippen LogP contribution >= 0.6 is 11.6 Å². The molecule has 0 heterocycles. The largest absolute Gasteiger partial charge is 0.469 e. The highest BCUT2D eigenvalue weighted by Gasteiger charge is 2.16. The molecule has 6 heteroatoms. The van der Waals surface area contributed by atoms with Crippen molar-refractivity contribution in [1.82, 2.24) is 0 Å². The zero-order chi connectivity index (χ0) is 18.8. The number of hydrogen-bond donors (Lipinski definition) is 0. The fourth-order valence-corrected chi connectivity index (χ4v) is 3.23. The summed E-state index contributed by atoms with van der Waals surface area (Å²) in [5, 5.41) is 13.4. The summed E-state index contributed by atoms with van der Waals surface area (Å²) in [6.45, 7) is 1.93. The van der Waals surface area contributed by atoms with Crippen LogP contribution in [0.2, 0.25) is 5.02 Å². The Morgan fingerprint density at radius 3 is 2.46 bits per heavy atom. The maximum atomic E-state index is 11.8. The normalized spacial score (nSPS) is 10.7. The number of carbonyl (C=O) groups excluding carboxylic acids is 1. The highest BCUT2D eigenvalue weighted by atomic mass is 35.5. The number of nitro benzene ring substituents is 1. The molecule has 0 amide bonds. The fraction of sp³-hybridized carbons (Fsp3) is 0.150. The Morgan fingerprint density at radius 2 is 1.85 bits per heavy atom. The summed E-state index contributed by atoms with van der Waals surface area (Å²) >= 11 is 6.18. The summed E-state index contributed by atoms with van der Waals surface area (Å²) in [4.78, 5) is 22.3. The summed E-state index contributed by atoms with van der Waals surface area (Å²) in [6, 6.07) is 13.9. The lowest BCUT2D eigenvalue weighted by Crippen LogP contribution is -2.06. The van der Waals surface area contributed by atoms with Crippen molar-refractivity contribution >= 4 is 34.0 Å². The number of rotatable bonds is 4. The third-order valence-corrected chi connectivity index (χ3v) is 4.64. The molecular weight excluding hydrogens is 354 g/mol. The van der Waals surface area contributed by atoms with Gasteiger partial charge in [0, 0.05) is 17.2 Å². The van der Waals surface area contributed by atoms with Gasteiger partial charge >= 0.3 is 5.97 Å². The first kappa shape index (κ1) is 17.9. The standard InChI is InChI=1S/C20H16ClNO4/c1-12-15(10-19(23)26-2)9-14-3-6-16(21)11-18(14)20(12)13-4-7-17(8-5-13)22(24)25/h3-9,11H,10H2,1-2H3. The number of nitrogens with zero attached hydrogens (tertiary/aromatic N) is 1. The van der Waals surface area contributed by atoms with Gasteiger partial charge in [-0.1, -0.05) is 23.7 Å². The minimum Gasteiger partial charge on any atom is -0.469 e. The molecule has 5 nitrogen and oxygen atoms in total. The number of carbonyl (C=O) groups is 1. The van der Waals surface area contributed by atoms with Gasteiger partial charge in [0.25, 0.3) is 5.69 Å². The van der Waals surface area contributed by atoms with Gasteiger partial charge in [0.15, 0.2) is 0 Å². The first-order valence-electron chi connectivity index (χ1n) is 7.94. The van der Waals surface area contributed by atoms with Gasteiger partial charge in [-0.3, -0.25) is 14.9 Å². The quantitative estimate of drug-likeness (QED) is 0.365. The van der Waals surface area contributed by atoms with Crippen LogP contribution in [0.4, 0.5) is 5.69 Å². The number of hydrogen-bond acceptors (Lipinski definition) is 4. The van der Waals surface area contributed by atoms with Gasteiger partial charge in [0.2, 0.25) is 0 Å². The van der Waals surface area contributed by atoms with Crippen LogP contribution in [0.25, 0.3) is 21.9 Å². The van der Waals surface area contributed by atoms with Crippen LogP contribution in [-0.4, -0.2) is 18.0 Å².